The molecule has 0 aromatic rings. The van der Waals surface area contributed by atoms with E-state index in [1.165, 1.54) is 12.8 Å². The van der Waals surface area contributed by atoms with Crippen molar-refractivity contribution in [2.45, 2.75) is 65.7 Å². The lowest BCUT2D eigenvalue weighted by Gasteiger charge is -2.60. The van der Waals surface area contributed by atoms with Gasteiger partial charge in [0.1, 0.15) is 0 Å². The Hall–Kier alpha value is -1.05. The van der Waals surface area contributed by atoms with Gasteiger partial charge in [-0.2, -0.15) is 0 Å². The Balaban J connectivity index is 1.98. The fourth-order valence-corrected chi connectivity index (χ4v) is 5.85. The molecule has 0 aliphatic heterocycles. The van der Waals surface area contributed by atoms with Gasteiger partial charge in [-0.15, -0.1) is 6.58 Å². The van der Waals surface area contributed by atoms with E-state index in [9.17, 15) is 9.90 Å². The Labute approximate surface area is 134 Å². The number of fused-ring (bicyclic) bond motifs is 3. The van der Waals surface area contributed by atoms with Crippen molar-refractivity contribution >= 4 is 5.97 Å². The summed E-state index contributed by atoms with van der Waals surface area (Å²) in [6, 6.07) is 0. The van der Waals surface area contributed by atoms with Crippen LogP contribution in [0.5, 0.6) is 0 Å². The number of rotatable bonds is 2. The van der Waals surface area contributed by atoms with Gasteiger partial charge in [-0.3, -0.25) is 0 Å². The predicted octanol–water partition coefficient (Wildman–Crippen LogP) is 3.87. The molecule has 122 valence electrons. The van der Waals surface area contributed by atoms with Crippen molar-refractivity contribution in [3.8, 4) is 0 Å². The van der Waals surface area contributed by atoms with Crippen LogP contribution in [0.4, 0.5) is 0 Å². The lowest BCUT2D eigenvalue weighted by molar-refractivity contribution is -0.326. The normalized spacial score (nSPS) is 47.9. The maximum atomic E-state index is 11.8. The van der Waals surface area contributed by atoms with E-state index in [0.29, 0.717) is 5.92 Å². The highest BCUT2D eigenvalue weighted by atomic mass is 16.4. The fourth-order valence-electron chi connectivity index (χ4n) is 5.85. The number of aliphatic carboxylic acids is 1. The van der Waals surface area contributed by atoms with Crippen LogP contribution < -0.4 is 5.11 Å². The molecule has 0 heterocycles. The highest BCUT2D eigenvalue weighted by molar-refractivity contribution is 5.73. The van der Waals surface area contributed by atoms with Crippen molar-refractivity contribution in [2.24, 2.45) is 28.1 Å². The van der Waals surface area contributed by atoms with E-state index in [1.807, 2.05) is 6.92 Å². The first-order valence-corrected chi connectivity index (χ1v) is 8.79. The molecule has 2 heteroatoms. The van der Waals surface area contributed by atoms with E-state index in [2.05, 4.69) is 32.6 Å². The summed E-state index contributed by atoms with van der Waals surface area (Å²) in [4.78, 5) is 11.8. The Bertz CT molecular complexity index is 534. The maximum absolute atomic E-state index is 11.8. The topological polar surface area (TPSA) is 40.1 Å². The van der Waals surface area contributed by atoms with Crippen LogP contribution in [-0.2, 0) is 4.79 Å². The maximum Gasteiger partial charge on any atom is 0.0476 e. The van der Waals surface area contributed by atoms with Crippen molar-refractivity contribution in [1.29, 1.82) is 0 Å². The molecular formula is C20H29O2-. The van der Waals surface area contributed by atoms with E-state index in [-0.39, 0.29) is 16.7 Å². The molecule has 22 heavy (non-hydrogen) atoms. The quantitative estimate of drug-likeness (QED) is 0.726. The highest BCUT2D eigenvalue weighted by Crippen LogP contribution is 2.63. The van der Waals surface area contributed by atoms with Crippen LogP contribution in [0.25, 0.3) is 0 Å². The molecule has 0 radical (unpaired) electrons. The Morgan fingerprint density at radius 2 is 2.05 bits per heavy atom. The van der Waals surface area contributed by atoms with E-state index in [4.69, 9.17) is 0 Å². The highest BCUT2D eigenvalue weighted by Gasteiger charge is 2.55. The van der Waals surface area contributed by atoms with E-state index >= 15 is 0 Å². The third-order valence-corrected chi connectivity index (χ3v) is 7.41. The molecule has 0 aromatic heterocycles. The minimum atomic E-state index is -0.841. The van der Waals surface area contributed by atoms with Crippen LogP contribution in [0.3, 0.4) is 0 Å². The third kappa shape index (κ3) is 2.10. The van der Waals surface area contributed by atoms with Crippen molar-refractivity contribution in [1.82, 2.24) is 0 Å². The number of carbonyl (C=O) groups is 1. The van der Waals surface area contributed by atoms with Crippen molar-refractivity contribution in [3.05, 3.63) is 24.3 Å². The molecule has 0 N–H and O–H groups in total. The molecule has 3 rings (SSSR count). The van der Waals surface area contributed by atoms with Crippen molar-refractivity contribution < 1.29 is 9.90 Å². The van der Waals surface area contributed by atoms with Gasteiger partial charge in [0.25, 0.3) is 0 Å². The van der Waals surface area contributed by atoms with Gasteiger partial charge in [-0.1, -0.05) is 44.9 Å². The van der Waals surface area contributed by atoms with Gasteiger partial charge in [0.2, 0.25) is 0 Å². The Morgan fingerprint density at radius 3 is 2.68 bits per heavy atom. The molecule has 0 spiro atoms. The number of hydrogen-bond donors (Lipinski definition) is 0. The number of allylic oxidation sites excluding steroid dienone is 3. The predicted molar refractivity (Wildman–Crippen MR) is 86.9 cm³/mol. The lowest BCUT2D eigenvalue weighted by atomic mass is 9.45. The fraction of sp³-hybridized carbons (Fsp3) is 0.750. The standard InChI is InChI=1S/C20H30O2/c1-5-18(2)12-9-15-14(13-18)7-8-16-19(15,3)10-6-11-20(16,4)17(21)22/h5,7,15-16H,1,6,8-13H2,2-4H3,(H,21,22)/p-1/t15-,16?,18-,19+,20+/m0/s1. The van der Waals surface area contributed by atoms with Crippen molar-refractivity contribution in [3.63, 3.8) is 0 Å². The Morgan fingerprint density at radius 1 is 1.32 bits per heavy atom. The second kappa shape index (κ2) is 4.97. The van der Waals surface area contributed by atoms with Crippen LogP contribution in [0.1, 0.15) is 65.7 Å². The van der Waals surface area contributed by atoms with Gasteiger partial charge in [0, 0.05) is 11.4 Å². The van der Waals surface area contributed by atoms with Crippen LogP contribution in [0.15, 0.2) is 24.3 Å². The van der Waals surface area contributed by atoms with Gasteiger partial charge in [0.05, 0.1) is 0 Å². The van der Waals surface area contributed by atoms with Gasteiger partial charge < -0.3 is 9.90 Å². The molecule has 0 bridgehead atoms. The minimum absolute atomic E-state index is 0.125. The lowest BCUT2D eigenvalue weighted by Crippen LogP contribution is -2.56. The van der Waals surface area contributed by atoms with Gasteiger partial charge in [-0.25, -0.2) is 0 Å². The molecule has 1 unspecified atom stereocenters. The molecule has 3 aliphatic carbocycles. The summed E-state index contributed by atoms with van der Waals surface area (Å²) in [6.07, 6.45) is 11.8. The monoisotopic (exact) mass is 301 g/mol. The Kier molecular flexibility index (Phi) is 3.58. The summed E-state index contributed by atoms with van der Waals surface area (Å²) in [5.74, 6) is -0.0640. The molecule has 2 saturated carbocycles. The van der Waals surface area contributed by atoms with E-state index in [1.54, 1.807) is 5.57 Å². The first-order chi connectivity index (χ1) is 10.3. The summed E-state index contributed by atoms with van der Waals surface area (Å²) in [6.45, 7) is 10.6. The van der Waals surface area contributed by atoms with Gasteiger partial charge in [0.15, 0.2) is 0 Å². The molecule has 0 saturated heterocycles. The molecule has 0 amide bonds. The second-order valence-electron chi connectivity index (χ2n) is 8.76. The molecule has 0 aromatic carbocycles. The summed E-state index contributed by atoms with van der Waals surface area (Å²) < 4.78 is 0. The number of carbonyl (C=O) groups excluding carboxylic acids is 1. The number of carboxylic acid groups (broad SMARTS) is 1. The molecule has 2 nitrogen and oxygen atoms in total. The summed E-state index contributed by atoms with van der Waals surface area (Å²) in [5.41, 5.74) is 1.25. The van der Waals surface area contributed by atoms with Crippen LogP contribution in [0, 0.1) is 28.1 Å². The average molecular weight is 301 g/mol. The van der Waals surface area contributed by atoms with E-state index in [0.717, 1.165) is 32.1 Å². The zero-order valence-electron chi connectivity index (χ0n) is 14.3. The summed E-state index contributed by atoms with van der Waals surface area (Å²) >= 11 is 0. The van der Waals surface area contributed by atoms with E-state index < -0.39 is 11.4 Å². The first kappa shape index (κ1) is 15.8. The number of hydrogen-bond acceptors (Lipinski definition) is 2. The summed E-state index contributed by atoms with van der Waals surface area (Å²) in [5, 5.41) is 11.8. The minimum Gasteiger partial charge on any atom is -0.550 e. The largest absolute Gasteiger partial charge is 0.550 e. The smallest absolute Gasteiger partial charge is 0.0476 e. The zero-order chi connectivity index (χ0) is 16.2. The molecule has 2 fully saturated rings. The summed E-state index contributed by atoms with van der Waals surface area (Å²) in [7, 11) is 0. The first-order valence-electron chi connectivity index (χ1n) is 8.79. The molecular weight excluding hydrogens is 272 g/mol. The van der Waals surface area contributed by atoms with Crippen LogP contribution in [0.2, 0.25) is 0 Å². The average Bonchev–Trinajstić information content (AvgIpc) is 2.46. The second-order valence-corrected chi connectivity index (χ2v) is 8.76. The van der Waals surface area contributed by atoms with Crippen LogP contribution in [-0.4, -0.2) is 5.97 Å². The zero-order valence-corrected chi connectivity index (χ0v) is 14.3. The number of carboxylic acids is 1. The van der Waals surface area contributed by atoms with Crippen LogP contribution >= 0.6 is 0 Å². The SMILES string of the molecule is C=C[C@@]1(C)CC[C@H]2C(=CCC3[C@](C)(C(=O)[O-])CCC[C@@]32C)C1. The third-order valence-electron chi connectivity index (χ3n) is 7.41. The molecule has 3 aliphatic rings. The van der Waals surface area contributed by atoms with Crippen molar-refractivity contribution in [2.75, 3.05) is 0 Å². The van der Waals surface area contributed by atoms with Gasteiger partial charge in [-0.05, 0) is 61.2 Å². The van der Waals surface area contributed by atoms with Gasteiger partial charge >= 0.3 is 0 Å². The molecule has 5 atom stereocenters.